The number of halogens is 1. The third-order valence-corrected chi connectivity index (χ3v) is 7.05. The van der Waals surface area contributed by atoms with Crippen LogP contribution < -0.4 is 4.90 Å². The Hall–Kier alpha value is -3.53. The van der Waals surface area contributed by atoms with Crippen LogP contribution in [-0.4, -0.2) is 64.0 Å². The van der Waals surface area contributed by atoms with Crippen molar-refractivity contribution >= 4 is 46.7 Å². The first-order valence-corrected chi connectivity index (χ1v) is 13.2. The van der Waals surface area contributed by atoms with Gasteiger partial charge in [-0.3, -0.25) is 9.69 Å². The molecular weight excluding hydrogens is 493 g/mol. The van der Waals surface area contributed by atoms with Gasteiger partial charge in [0.1, 0.15) is 11.4 Å². The number of benzene rings is 2. The van der Waals surface area contributed by atoms with Crippen LogP contribution in [0.3, 0.4) is 0 Å². The summed E-state index contributed by atoms with van der Waals surface area (Å²) in [5.41, 5.74) is 0.993. The van der Waals surface area contributed by atoms with Crippen molar-refractivity contribution in [1.29, 1.82) is 0 Å². The molecule has 2 amide bonds. The molecule has 1 atom stereocenters. The molecule has 3 aliphatic heterocycles. The second-order valence-corrected chi connectivity index (χ2v) is 11.2. The number of hydrazone groups is 1. The molecule has 0 N–H and O–H groups in total. The van der Waals surface area contributed by atoms with Crippen molar-refractivity contribution in [3.8, 4) is 0 Å². The summed E-state index contributed by atoms with van der Waals surface area (Å²) in [6, 6.07) is 15.8. The van der Waals surface area contributed by atoms with Crippen LogP contribution in [0, 0.1) is 17.7 Å². The maximum Gasteiger partial charge on any atom is 0.410 e. The van der Waals surface area contributed by atoms with E-state index in [2.05, 4.69) is 5.10 Å². The number of thioether (sulfide) groups is 1. The quantitative estimate of drug-likeness (QED) is 0.547. The fourth-order valence-corrected chi connectivity index (χ4v) is 5.28. The lowest BCUT2D eigenvalue weighted by Gasteiger charge is -2.38. The van der Waals surface area contributed by atoms with E-state index in [1.165, 1.54) is 23.9 Å². The normalized spacial score (nSPS) is 19.6. The van der Waals surface area contributed by atoms with Crippen LogP contribution in [0.25, 0.3) is 0 Å². The highest BCUT2D eigenvalue weighted by molar-refractivity contribution is 8.13. The number of hydrogen-bond donors (Lipinski definition) is 0. The van der Waals surface area contributed by atoms with E-state index in [0.29, 0.717) is 36.4 Å². The molecule has 2 aromatic rings. The highest BCUT2D eigenvalue weighted by atomic mass is 32.2. The summed E-state index contributed by atoms with van der Waals surface area (Å²) >= 11 is 1.37. The molecule has 10 heteroatoms. The first-order chi connectivity index (χ1) is 17.7. The molecule has 0 aromatic heterocycles. The number of nitrogens with zero attached hydrogens (tertiary/aromatic N) is 5. The van der Waals surface area contributed by atoms with E-state index in [0.717, 1.165) is 11.3 Å². The highest BCUT2D eigenvalue weighted by Crippen LogP contribution is 2.30. The Kier molecular flexibility index (Phi) is 6.85. The number of amides is 2. The average molecular weight is 523 g/mol. The second-order valence-electron chi connectivity index (χ2n) is 10.3. The number of carbonyl (C=O) groups is 2. The van der Waals surface area contributed by atoms with Gasteiger partial charge < -0.3 is 9.64 Å². The summed E-state index contributed by atoms with van der Waals surface area (Å²) in [6.45, 7) is 7.29. The smallest absolute Gasteiger partial charge is 0.410 e. The highest BCUT2D eigenvalue weighted by Gasteiger charge is 2.45. The van der Waals surface area contributed by atoms with Gasteiger partial charge in [-0.15, -0.1) is 0 Å². The molecule has 3 aliphatic rings. The first-order valence-electron chi connectivity index (χ1n) is 12.2. The molecule has 3 heterocycles. The molecule has 37 heavy (non-hydrogen) atoms. The topological polar surface area (TPSA) is 77.6 Å². The van der Waals surface area contributed by atoms with Gasteiger partial charge in [-0.05, 0) is 50.6 Å². The van der Waals surface area contributed by atoms with Gasteiger partial charge in [0.2, 0.25) is 5.84 Å². The van der Waals surface area contributed by atoms with E-state index < -0.39 is 11.5 Å². The maximum absolute atomic E-state index is 13.7. The second kappa shape index (κ2) is 10.1. The van der Waals surface area contributed by atoms with Crippen LogP contribution in [-0.2, 0) is 15.3 Å². The predicted molar refractivity (Wildman–Crippen MR) is 142 cm³/mol. The number of rotatable bonds is 5. The van der Waals surface area contributed by atoms with Gasteiger partial charge in [0, 0.05) is 23.9 Å². The van der Waals surface area contributed by atoms with Crippen LogP contribution in [0.1, 0.15) is 26.3 Å². The zero-order valence-electron chi connectivity index (χ0n) is 21.0. The van der Waals surface area contributed by atoms with Gasteiger partial charge in [0.05, 0.1) is 11.6 Å². The van der Waals surface area contributed by atoms with Crippen molar-refractivity contribution < 1.29 is 23.4 Å². The van der Waals surface area contributed by atoms with E-state index in [9.17, 15) is 14.0 Å². The molecule has 0 saturated carbocycles. The summed E-state index contributed by atoms with van der Waals surface area (Å²) in [5.74, 6) is 0.114. The molecule has 2 aromatic carbocycles. The van der Waals surface area contributed by atoms with Crippen molar-refractivity contribution in [3.05, 3.63) is 66.0 Å². The lowest BCUT2D eigenvalue weighted by molar-refractivity contribution is -0.536. The number of anilines is 1. The summed E-state index contributed by atoms with van der Waals surface area (Å²) in [4.78, 5) is 33.9. The summed E-state index contributed by atoms with van der Waals surface area (Å²) in [5, 5.41) is 5.12. The molecule has 0 bridgehead atoms. The van der Waals surface area contributed by atoms with Crippen LogP contribution in [0.2, 0.25) is 0 Å². The third kappa shape index (κ3) is 5.74. The number of ether oxygens (including phenoxy) is 1. The zero-order chi connectivity index (χ0) is 26.2. The number of hydrogen-bond acceptors (Lipinski definition) is 6. The molecule has 5 rings (SSSR count). The lowest BCUT2D eigenvalue weighted by atomic mass is 10.0. The van der Waals surface area contributed by atoms with Crippen LogP contribution in [0.4, 0.5) is 14.9 Å². The first kappa shape index (κ1) is 25.1. The molecule has 1 fully saturated rings. The Labute approximate surface area is 219 Å². The number of carbonyl (C=O) groups excluding carboxylic acids is 2. The Bertz CT molecular complexity index is 1300. The third-order valence-electron chi connectivity index (χ3n) is 6.04. The number of likely N-dealkylation sites (tertiary alicyclic amines) is 1. The van der Waals surface area contributed by atoms with Crippen LogP contribution in [0.15, 0.2) is 64.7 Å². The van der Waals surface area contributed by atoms with Gasteiger partial charge in [-0.1, -0.05) is 46.8 Å². The average Bonchev–Trinajstić information content (AvgIpc) is 3.22. The van der Waals surface area contributed by atoms with Gasteiger partial charge in [0.25, 0.3) is 5.91 Å². The predicted octanol–water partition coefficient (Wildman–Crippen LogP) is 4.36. The molecular formula is C27H29FN5O3S+. The van der Waals surface area contributed by atoms with E-state index in [1.54, 1.807) is 26.8 Å². The Morgan fingerprint density at radius 2 is 1.92 bits per heavy atom. The number of para-hydroxylation sites is 1. The zero-order valence-corrected chi connectivity index (χ0v) is 21.8. The van der Waals surface area contributed by atoms with Gasteiger partial charge in [-0.25, -0.2) is 14.2 Å². The number of fused-ring (bicyclic) bond motifs is 1. The van der Waals surface area contributed by atoms with Gasteiger partial charge >= 0.3 is 6.09 Å². The molecule has 0 spiro atoms. The standard InChI is InChI=1S/C27H29FN5O3S/c1-27(2,3)36-26(35)31-13-19(14-31)15-32-16-22-23(30-32)29-25(37-17-18-8-7-9-20(28)12-18)33(24(22)34)21-10-5-4-6-11-21/h4-12,16,19,22H,13-15,17H2,1-3H3/q+1. The molecule has 0 aliphatic carbocycles. The van der Waals surface area contributed by atoms with Crippen molar-refractivity contribution in [2.45, 2.75) is 32.1 Å². The SMILES string of the molecule is CC(C)(C)OC(=O)N1CC(C[N+]2=CC3C(=O)N(c4ccccc4)C(SCc4cccc(F)c4)=NC3=N2)C1. The minimum absolute atomic E-state index is 0.131. The maximum atomic E-state index is 13.7. The summed E-state index contributed by atoms with van der Waals surface area (Å²) in [7, 11) is 0. The molecule has 1 saturated heterocycles. The Morgan fingerprint density at radius 1 is 1.16 bits per heavy atom. The molecule has 1 unspecified atom stereocenters. The monoisotopic (exact) mass is 522 g/mol. The largest absolute Gasteiger partial charge is 0.444 e. The van der Waals surface area contributed by atoms with Gasteiger partial charge in [-0.2, -0.15) is 0 Å². The fraction of sp³-hybridized carbons (Fsp3) is 0.370. The lowest BCUT2D eigenvalue weighted by Crippen LogP contribution is -2.53. The van der Waals surface area contributed by atoms with Crippen LogP contribution >= 0.6 is 11.8 Å². The van der Waals surface area contributed by atoms with E-state index in [1.807, 2.05) is 57.2 Å². The minimum Gasteiger partial charge on any atom is -0.444 e. The van der Waals surface area contributed by atoms with Crippen molar-refractivity contribution in [2.75, 3.05) is 24.5 Å². The van der Waals surface area contributed by atoms with E-state index in [4.69, 9.17) is 9.73 Å². The number of amidine groups is 2. The molecule has 8 nitrogen and oxygen atoms in total. The summed E-state index contributed by atoms with van der Waals surface area (Å²) < 4.78 is 20.9. The Morgan fingerprint density at radius 3 is 2.62 bits per heavy atom. The molecule has 0 radical (unpaired) electrons. The molecule has 192 valence electrons. The van der Waals surface area contributed by atoms with Crippen LogP contribution in [0.5, 0.6) is 0 Å². The Balaban J connectivity index is 1.30. The summed E-state index contributed by atoms with van der Waals surface area (Å²) in [6.07, 6.45) is 1.49. The minimum atomic E-state index is -0.583. The number of aliphatic imine (C=N–C) groups is 1. The van der Waals surface area contributed by atoms with Crippen molar-refractivity contribution in [1.82, 2.24) is 4.90 Å². The van der Waals surface area contributed by atoms with E-state index >= 15 is 0 Å². The fourth-order valence-electron chi connectivity index (χ4n) is 4.33. The van der Waals surface area contributed by atoms with E-state index in [-0.39, 0.29) is 23.7 Å². The van der Waals surface area contributed by atoms with Crippen molar-refractivity contribution in [3.63, 3.8) is 0 Å². The van der Waals surface area contributed by atoms with Gasteiger partial charge in [0.15, 0.2) is 23.8 Å². The van der Waals surface area contributed by atoms with Crippen molar-refractivity contribution in [2.24, 2.45) is 21.9 Å².